The molecule has 0 aromatic heterocycles. The van der Waals surface area contributed by atoms with E-state index in [4.69, 9.17) is 5.84 Å². The van der Waals surface area contributed by atoms with Gasteiger partial charge in [0, 0.05) is 0 Å². The van der Waals surface area contributed by atoms with Crippen molar-refractivity contribution in [3.63, 3.8) is 0 Å². The Bertz CT molecular complexity index is 434. The molecule has 1 aromatic carbocycles. The molecule has 1 aromatic rings. The van der Waals surface area contributed by atoms with Gasteiger partial charge in [-0.2, -0.15) is 0 Å². The molecule has 0 unspecified atom stereocenters. The molecular formula is C16H26N2O. The van der Waals surface area contributed by atoms with Crippen molar-refractivity contribution < 1.29 is 5.11 Å². The van der Waals surface area contributed by atoms with Crippen molar-refractivity contribution in [3.05, 3.63) is 29.3 Å². The van der Waals surface area contributed by atoms with E-state index >= 15 is 0 Å². The molecule has 106 valence electrons. The van der Waals surface area contributed by atoms with Crippen LogP contribution in [0.4, 0.5) is 5.69 Å². The summed E-state index contributed by atoms with van der Waals surface area (Å²) in [4.78, 5) is 0. The van der Waals surface area contributed by atoms with Crippen LogP contribution in [-0.4, -0.2) is 16.7 Å². The normalized spacial score (nSPS) is 26.1. The summed E-state index contributed by atoms with van der Waals surface area (Å²) >= 11 is 0. The van der Waals surface area contributed by atoms with Gasteiger partial charge < -0.3 is 10.1 Å². The third kappa shape index (κ3) is 3.10. The van der Waals surface area contributed by atoms with E-state index in [1.54, 1.807) is 0 Å². The van der Waals surface area contributed by atoms with Crippen LogP contribution in [0.25, 0.3) is 0 Å². The van der Waals surface area contributed by atoms with E-state index < -0.39 is 5.60 Å². The number of aryl methyl sites for hydroxylation is 2. The molecular weight excluding hydrogens is 236 g/mol. The van der Waals surface area contributed by atoms with Gasteiger partial charge in [-0.25, -0.2) is 5.84 Å². The van der Waals surface area contributed by atoms with Crippen molar-refractivity contribution in [1.82, 2.24) is 0 Å². The maximum Gasteiger partial charge on any atom is 0.0660 e. The fraction of sp³-hybridized carbons (Fsp3) is 0.625. The SMILES string of the molecule is CCCc1ccc(CC)cc1N(N)[C@H]1C[C@@](C)(O)C1. The third-order valence-corrected chi connectivity index (χ3v) is 4.10. The standard InChI is InChI=1S/C16H26N2O/c1-4-6-13-8-7-12(5-2)9-15(13)18(17)14-10-16(3,19)11-14/h7-9,14,19H,4-6,10-11,17H2,1-3H3/t14-,16+. The molecule has 1 aliphatic carbocycles. The van der Waals surface area contributed by atoms with E-state index in [1.807, 2.05) is 11.9 Å². The highest BCUT2D eigenvalue weighted by atomic mass is 16.3. The molecule has 0 bridgehead atoms. The Morgan fingerprint density at radius 2 is 2.05 bits per heavy atom. The molecule has 0 radical (unpaired) electrons. The van der Waals surface area contributed by atoms with Crippen LogP contribution in [0.15, 0.2) is 18.2 Å². The fourth-order valence-electron chi connectivity index (χ4n) is 2.90. The minimum absolute atomic E-state index is 0.262. The van der Waals surface area contributed by atoms with Gasteiger partial charge >= 0.3 is 0 Å². The Balaban J connectivity index is 2.21. The molecule has 0 heterocycles. The molecule has 1 saturated carbocycles. The molecule has 1 fully saturated rings. The average Bonchev–Trinajstić information content (AvgIpc) is 2.36. The molecule has 0 amide bonds. The lowest BCUT2D eigenvalue weighted by atomic mass is 9.76. The number of benzene rings is 1. The van der Waals surface area contributed by atoms with Crippen LogP contribution in [0, 0.1) is 0 Å². The predicted octanol–water partition coefficient (Wildman–Crippen LogP) is 2.80. The number of aliphatic hydroxyl groups is 1. The first-order chi connectivity index (χ1) is 8.96. The zero-order valence-corrected chi connectivity index (χ0v) is 12.3. The molecule has 3 N–H and O–H groups in total. The monoisotopic (exact) mass is 262 g/mol. The molecule has 1 aliphatic rings. The first-order valence-corrected chi connectivity index (χ1v) is 7.35. The van der Waals surface area contributed by atoms with Crippen molar-refractivity contribution in [1.29, 1.82) is 0 Å². The van der Waals surface area contributed by atoms with E-state index in [1.165, 1.54) is 11.1 Å². The number of nitrogens with zero attached hydrogens (tertiary/aromatic N) is 1. The quantitative estimate of drug-likeness (QED) is 0.633. The first kappa shape index (κ1) is 14.4. The van der Waals surface area contributed by atoms with Gasteiger partial charge in [0.2, 0.25) is 0 Å². The Morgan fingerprint density at radius 3 is 2.58 bits per heavy atom. The summed E-state index contributed by atoms with van der Waals surface area (Å²) in [6.07, 6.45) is 4.71. The van der Waals surface area contributed by atoms with Crippen molar-refractivity contribution in [3.8, 4) is 0 Å². The molecule has 0 aliphatic heterocycles. The van der Waals surface area contributed by atoms with Crippen molar-refractivity contribution >= 4 is 5.69 Å². The second-order valence-corrected chi connectivity index (χ2v) is 6.03. The largest absolute Gasteiger partial charge is 0.390 e. The minimum atomic E-state index is -0.532. The van der Waals surface area contributed by atoms with Crippen LogP contribution >= 0.6 is 0 Å². The van der Waals surface area contributed by atoms with Gasteiger partial charge in [-0.1, -0.05) is 32.4 Å². The zero-order chi connectivity index (χ0) is 14.0. The number of rotatable bonds is 5. The van der Waals surface area contributed by atoms with Crippen LogP contribution in [0.5, 0.6) is 0 Å². The van der Waals surface area contributed by atoms with Gasteiger partial charge in [-0.15, -0.1) is 0 Å². The van der Waals surface area contributed by atoms with Crippen molar-refractivity contribution in [2.24, 2.45) is 5.84 Å². The summed E-state index contributed by atoms with van der Waals surface area (Å²) < 4.78 is 0. The van der Waals surface area contributed by atoms with E-state index in [2.05, 4.69) is 32.0 Å². The van der Waals surface area contributed by atoms with Gasteiger partial charge in [0.05, 0.1) is 17.3 Å². The highest BCUT2D eigenvalue weighted by Crippen LogP contribution is 2.37. The summed E-state index contributed by atoms with van der Waals surface area (Å²) in [5, 5.41) is 11.7. The summed E-state index contributed by atoms with van der Waals surface area (Å²) in [5.41, 5.74) is 3.24. The topological polar surface area (TPSA) is 49.5 Å². The Kier molecular flexibility index (Phi) is 4.16. The van der Waals surface area contributed by atoms with Crippen LogP contribution in [-0.2, 0) is 12.8 Å². The maximum atomic E-state index is 9.87. The van der Waals surface area contributed by atoms with E-state index in [0.29, 0.717) is 0 Å². The molecule has 3 nitrogen and oxygen atoms in total. The van der Waals surface area contributed by atoms with Crippen LogP contribution in [0.3, 0.4) is 0 Å². The van der Waals surface area contributed by atoms with Gasteiger partial charge in [-0.3, -0.25) is 0 Å². The second kappa shape index (κ2) is 5.51. The molecule has 2 rings (SSSR count). The van der Waals surface area contributed by atoms with Crippen LogP contribution < -0.4 is 10.9 Å². The molecule has 3 heteroatoms. The summed E-state index contributed by atoms with van der Waals surface area (Å²) in [6, 6.07) is 6.86. The van der Waals surface area contributed by atoms with E-state index in [-0.39, 0.29) is 6.04 Å². The number of nitrogens with two attached hydrogens (primary N) is 1. The van der Waals surface area contributed by atoms with Crippen LogP contribution in [0.2, 0.25) is 0 Å². The summed E-state index contributed by atoms with van der Waals surface area (Å²) in [6.45, 7) is 6.23. The molecule has 19 heavy (non-hydrogen) atoms. The summed E-state index contributed by atoms with van der Waals surface area (Å²) in [7, 11) is 0. The maximum absolute atomic E-state index is 9.87. The predicted molar refractivity (Wildman–Crippen MR) is 80.1 cm³/mol. The lowest BCUT2D eigenvalue weighted by Gasteiger charge is -2.46. The third-order valence-electron chi connectivity index (χ3n) is 4.10. The lowest BCUT2D eigenvalue weighted by molar-refractivity contribution is -0.0311. The number of hydrogen-bond acceptors (Lipinski definition) is 3. The number of hydrazine groups is 1. The highest BCUT2D eigenvalue weighted by Gasteiger charge is 2.41. The van der Waals surface area contributed by atoms with Crippen molar-refractivity contribution in [2.75, 3.05) is 5.01 Å². The fourth-order valence-corrected chi connectivity index (χ4v) is 2.90. The van der Waals surface area contributed by atoms with E-state index in [0.717, 1.165) is 37.8 Å². The Hall–Kier alpha value is -1.06. The second-order valence-electron chi connectivity index (χ2n) is 6.03. The Labute approximate surface area is 116 Å². The van der Waals surface area contributed by atoms with Crippen molar-refractivity contribution in [2.45, 2.75) is 64.5 Å². The van der Waals surface area contributed by atoms with Gasteiger partial charge in [0.25, 0.3) is 0 Å². The zero-order valence-electron chi connectivity index (χ0n) is 12.3. The highest BCUT2D eigenvalue weighted by molar-refractivity contribution is 5.56. The molecule has 0 saturated heterocycles. The molecule has 0 spiro atoms. The lowest BCUT2D eigenvalue weighted by Crippen LogP contribution is -2.56. The average molecular weight is 262 g/mol. The van der Waals surface area contributed by atoms with Gasteiger partial charge in [0.15, 0.2) is 0 Å². The Morgan fingerprint density at radius 1 is 1.37 bits per heavy atom. The minimum Gasteiger partial charge on any atom is -0.390 e. The van der Waals surface area contributed by atoms with E-state index in [9.17, 15) is 5.11 Å². The van der Waals surface area contributed by atoms with Crippen LogP contribution in [0.1, 0.15) is 51.2 Å². The smallest absolute Gasteiger partial charge is 0.0660 e. The molecule has 0 atom stereocenters. The number of anilines is 1. The first-order valence-electron chi connectivity index (χ1n) is 7.35. The number of hydrogen-bond donors (Lipinski definition) is 2. The van der Waals surface area contributed by atoms with Gasteiger partial charge in [0.1, 0.15) is 0 Å². The van der Waals surface area contributed by atoms with Gasteiger partial charge in [-0.05, 0) is 49.8 Å². The summed E-state index contributed by atoms with van der Waals surface area (Å²) in [5.74, 6) is 6.30.